The molecule has 4 heteroatoms. The second-order valence-corrected chi connectivity index (χ2v) is 4.15. The number of rotatable bonds is 4. The molecule has 87 valence electrons. The van der Waals surface area contributed by atoms with E-state index in [0.29, 0.717) is 0 Å². The van der Waals surface area contributed by atoms with Crippen molar-refractivity contribution in [1.29, 1.82) is 0 Å². The first kappa shape index (κ1) is 11.8. The molecule has 2 aromatic rings. The van der Waals surface area contributed by atoms with Crippen LogP contribution in [0.5, 0.6) is 0 Å². The van der Waals surface area contributed by atoms with E-state index >= 15 is 0 Å². The quantitative estimate of drug-likeness (QED) is 0.842. The van der Waals surface area contributed by atoms with Crippen molar-refractivity contribution < 1.29 is 12.6 Å². The highest BCUT2D eigenvalue weighted by atomic mass is 32.2. The highest BCUT2D eigenvalue weighted by Gasteiger charge is 2.04. The maximum absolute atomic E-state index is 10.4. The minimum Gasteiger partial charge on any atom is -0.267 e. The van der Waals surface area contributed by atoms with Crippen LogP contribution in [0.15, 0.2) is 48.5 Å². The standard InChI is InChI=1S/C13H11O3S/c14-17(15)16-10-12-8-4-5-9-13(12)11-6-2-1-3-7-11/h2-9,17H,10H2. The van der Waals surface area contributed by atoms with Gasteiger partial charge in [0.05, 0.1) is 6.61 Å². The summed E-state index contributed by atoms with van der Waals surface area (Å²) in [5.41, 5.74) is 2.83. The monoisotopic (exact) mass is 247 g/mol. The van der Waals surface area contributed by atoms with E-state index in [4.69, 9.17) is 0 Å². The largest absolute Gasteiger partial charge is 0.267 e. The minimum absolute atomic E-state index is 0.0630. The fourth-order valence-corrected chi connectivity index (χ4v) is 1.86. The van der Waals surface area contributed by atoms with Gasteiger partial charge in [0.25, 0.3) is 11.0 Å². The zero-order valence-electron chi connectivity index (χ0n) is 9.00. The Bertz CT molecular complexity index is 554. The molecule has 0 aliphatic rings. The van der Waals surface area contributed by atoms with Crippen molar-refractivity contribution in [2.24, 2.45) is 0 Å². The van der Waals surface area contributed by atoms with Crippen LogP contribution in [0.3, 0.4) is 0 Å². The smallest absolute Gasteiger partial charge is 0.257 e. The third-order valence-electron chi connectivity index (χ3n) is 2.37. The Balaban J connectivity index is 2.34. The van der Waals surface area contributed by atoms with Crippen LogP contribution in [-0.2, 0) is 21.8 Å². The normalized spacial score (nSPS) is 10.6. The van der Waals surface area contributed by atoms with Gasteiger partial charge in [-0.15, -0.1) is 0 Å². The second-order valence-electron chi connectivity index (χ2n) is 3.44. The van der Waals surface area contributed by atoms with Crippen LogP contribution in [0.2, 0.25) is 0 Å². The van der Waals surface area contributed by atoms with Crippen LogP contribution >= 0.6 is 0 Å². The van der Waals surface area contributed by atoms with E-state index in [-0.39, 0.29) is 6.61 Å². The Morgan fingerprint density at radius 2 is 1.76 bits per heavy atom. The molecule has 0 unspecified atom stereocenters. The van der Waals surface area contributed by atoms with Crippen molar-refractivity contribution in [1.82, 2.24) is 0 Å². The second kappa shape index (κ2) is 5.61. The molecule has 1 radical (unpaired) electrons. The summed E-state index contributed by atoms with van der Waals surface area (Å²) < 4.78 is 25.5. The molecule has 0 aliphatic heterocycles. The first-order valence-electron chi connectivity index (χ1n) is 5.09. The first-order chi connectivity index (χ1) is 8.27. The van der Waals surface area contributed by atoms with E-state index in [1.54, 1.807) is 0 Å². The first-order valence-corrected chi connectivity index (χ1v) is 6.18. The maximum Gasteiger partial charge on any atom is 0.257 e. The lowest BCUT2D eigenvalue weighted by molar-refractivity contribution is 0.323. The average molecular weight is 247 g/mol. The molecule has 2 aromatic carbocycles. The Morgan fingerprint density at radius 3 is 2.47 bits per heavy atom. The van der Waals surface area contributed by atoms with Crippen molar-refractivity contribution in [3.8, 4) is 11.1 Å². The molecule has 0 aliphatic carbocycles. The summed E-state index contributed by atoms with van der Waals surface area (Å²) >= 11 is 0. The molecule has 0 fully saturated rings. The van der Waals surface area contributed by atoms with Crippen molar-refractivity contribution in [2.45, 2.75) is 6.61 Å². The van der Waals surface area contributed by atoms with Gasteiger partial charge in [0.1, 0.15) is 0 Å². The molecule has 0 aromatic heterocycles. The van der Waals surface area contributed by atoms with Gasteiger partial charge in [-0.05, 0) is 22.8 Å². The fraction of sp³-hybridized carbons (Fsp3) is 0.0769. The fourth-order valence-electron chi connectivity index (χ4n) is 1.62. The third-order valence-corrected chi connectivity index (χ3v) is 2.71. The number of thiol groups is 1. The maximum atomic E-state index is 10.4. The average Bonchev–Trinajstić information content (AvgIpc) is 2.38. The van der Waals surface area contributed by atoms with Gasteiger partial charge in [-0.3, -0.25) is 4.18 Å². The summed E-state index contributed by atoms with van der Waals surface area (Å²) in [6.07, 6.45) is 0. The van der Waals surface area contributed by atoms with E-state index in [0.717, 1.165) is 16.7 Å². The molecule has 0 saturated heterocycles. The van der Waals surface area contributed by atoms with Crippen molar-refractivity contribution in [2.75, 3.05) is 0 Å². The minimum atomic E-state index is -2.81. The Morgan fingerprint density at radius 1 is 1.06 bits per heavy atom. The van der Waals surface area contributed by atoms with Gasteiger partial charge in [-0.1, -0.05) is 48.5 Å². The SMILES string of the molecule is O=[SH](=O)OCc1ccccc1-c1cc[c]cc1. The third kappa shape index (κ3) is 3.15. The molecular formula is C13H11O3S. The van der Waals surface area contributed by atoms with Crippen LogP contribution in [0.1, 0.15) is 5.56 Å². The summed E-state index contributed by atoms with van der Waals surface area (Å²) in [7, 11) is -2.81. The summed E-state index contributed by atoms with van der Waals surface area (Å²) in [6, 6.07) is 18.0. The van der Waals surface area contributed by atoms with Crippen molar-refractivity contribution >= 4 is 11.0 Å². The summed E-state index contributed by atoms with van der Waals surface area (Å²) in [5, 5.41) is 0. The lowest BCUT2D eigenvalue weighted by Gasteiger charge is -2.07. The van der Waals surface area contributed by atoms with E-state index in [9.17, 15) is 8.42 Å². The van der Waals surface area contributed by atoms with Crippen LogP contribution in [0.4, 0.5) is 0 Å². The van der Waals surface area contributed by atoms with Gasteiger partial charge in [0, 0.05) is 0 Å². The highest BCUT2D eigenvalue weighted by Crippen LogP contribution is 2.23. The summed E-state index contributed by atoms with van der Waals surface area (Å²) in [5.74, 6) is 0. The lowest BCUT2D eigenvalue weighted by Crippen LogP contribution is -1.93. The molecule has 17 heavy (non-hydrogen) atoms. The number of hydrogen-bond acceptors (Lipinski definition) is 3. The summed E-state index contributed by atoms with van der Waals surface area (Å²) in [6.45, 7) is 0.0630. The predicted octanol–water partition coefficient (Wildman–Crippen LogP) is 2.20. The predicted molar refractivity (Wildman–Crippen MR) is 65.8 cm³/mol. The van der Waals surface area contributed by atoms with Gasteiger partial charge < -0.3 is 0 Å². The number of hydrogen-bond donors (Lipinski definition) is 1. The topological polar surface area (TPSA) is 43.4 Å². The molecule has 0 heterocycles. The number of benzene rings is 2. The summed E-state index contributed by atoms with van der Waals surface area (Å²) in [4.78, 5) is 0. The van der Waals surface area contributed by atoms with E-state index in [1.165, 1.54) is 0 Å². The van der Waals surface area contributed by atoms with Gasteiger partial charge in [0.2, 0.25) is 0 Å². The van der Waals surface area contributed by atoms with E-state index in [1.807, 2.05) is 48.5 Å². The van der Waals surface area contributed by atoms with Gasteiger partial charge in [-0.2, -0.15) is 0 Å². The van der Waals surface area contributed by atoms with Gasteiger partial charge in [-0.25, -0.2) is 8.42 Å². The molecule has 3 nitrogen and oxygen atoms in total. The molecule has 2 rings (SSSR count). The zero-order chi connectivity index (χ0) is 12.1. The molecule has 0 bridgehead atoms. The zero-order valence-corrected chi connectivity index (χ0v) is 9.89. The lowest BCUT2D eigenvalue weighted by atomic mass is 10.0. The van der Waals surface area contributed by atoms with Crippen LogP contribution in [0, 0.1) is 6.07 Å². The molecule has 0 N–H and O–H groups in total. The highest BCUT2D eigenvalue weighted by molar-refractivity contribution is 7.67. The molecule has 0 atom stereocenters. The molecule has 0 saturated carbocycles. The Hall–Kier alpha value is -1.65. The van der Waals surface area contributed by atoms with Gasteiger partial charge in [0.15, 0.2) is 0 Å². The molecule has 0 amide bonds. The van der Waals surface area contributed by atoms with Crippen molar-refractivity contribution in [3.63, 3.8) is 0 Å². The van der Waals surface area contributed by atoms with Gasteiger partial charge >= 0.3 is 0 Å². The van der Waals surface area contributed by atoms with Crippen LogP contribution in [0.25, 0.3) is 11.1 Å². The van der Waals surface area contributed by atoms with Crippen LogP contribution < -0.4 is 0 Å². The Labute approximate surface area is 102 Å². The van der Waals surface area contributed by atoms with Crippen molar-refractivity contribution in [3.05, 3.63) is 60.2 Å². The Kier molecular flexibility index (Phi) is 3.90. The molecule has 0 spiro atoms. The van der Waals surface area contributed by atoms with E-state index < -0.39 is 11.0 Å². The van der Waals surface area contributed by atoms with E-state index in [2.05, 4.69) is 10.2 Å². The van der Waals surface area contributed by atoms with Crippen LogP contribution in [-0.4, -0.2) is 8.42 Å². The molecular weight excluding hydrogens is 236 g/mol.